The maximum Gasteiger partial charge on any atom is 0.308 e. The van der Waals surface area contributed by atoms with E-state index in [1.807, 2.05) is 0 Å². The average molecular weight is 284 g/mol. The van der Waals surface area contributed by atoms with Gasteiger partial charge in [-0.25, -0.2) is 0 Å². The molecule has 6 heteroatoms. The average Bonchev–Trinajstić information content (AvgIpc) is 2.34. The lowest BCUT2D eigenvalue weighted by Crippen LogP contribution is -2.52. The predicted octanol–water partition coefficient (Wildman–Crippen LogP) is 0.860. The molecule has 20 heavy (non-hydrogen) atoms. The number of carboxylic acid groups (broad SMARTS) is 1. The topological polar surface area (TPSA) is 86.7 Å². The van der Waals surface area contributed by atoms with Crippen molar-refractivity contribution in [2.75, 3.05) is 13.1 Å². The Morgan fingerprint density at radius 1 is 1.30 bits per heavy atom. The van der Waals surface area contributed by atoms with E-state index in [9.17, 15) is 14.4 Å². The first kappa shape index (κ1) is 16.5. The van der Waals surface area contributed by atoms with Crippen LogP contribution in [0, 0.1) is 11.3 Å². The normalized spacial score (nSPS) is 23.3. The van der Waals surface area contributed by atoms with Crippen LogP contribution < -0.4 is 5.32 Å². The fourth-order valence-corrected chi connectivity index (χ4v) is 2.35. The van der Waals surface area contributed by atoms with Crippen LogP contribution >= 0.6 is 0 Å². The Bertz CT molecular complexity index is 400. The van der Waals surface area contributed by atoms with Crippen molar-refractivity contribution in [1.29, 1.82) is 0 Å². The number of rotatable bonds is 3. The monoisotopic (exact) mass is 284 g/mol. The summed E-state index contributed by atoms with van der Waals surface area (Å²) in [6.07, 6.45) is 1.27. The predicted molar refractivity (Wildman–Crippen MR) is 74.0 cm³/mol. The first-order valence-electron chi connectivity index (χ1n) is 6.95. The number of likely N-dealkylation sites (tertiary alicyclic amines) is 1. The van der Waals surface area contributed by atoms with Crippen molar-refractivity contribution >= 4 is 17.8 Å². The minimum absolute atomic E-state index is 0.0766. The molecule has 1 fully saturated rings. The largest absolute Gasteiger partial charge is 0.481 e. The fourth-order valence-electron chi connectivity index (χ4n) is 2.35. The van der Waals surface area contributed by atoms with Crippen molar-refractivity contribution in [1.82, 2.24) is 10.2 Å². The molecule has 0 bridgehead atoms. The molecule has 0 aromatic carbocycles. The number of nitrogens with one attached hydrogen (secondary N) is 1. The summed E-state index contributed by atoms with van der Waals surface area (Å²) >= 11 is 0. The van der Waals surface area contributed by atoms with E-state index in [4.69, 9.17) is 5.11 Å². The van der Waals surface area contributed by atoms with E-state index < -0.39 is 17.3 Å². The van der Waals surface area contributed by atoms with Crippen molar-refractivity contribution < 1.29 is 19.5 Å². The van der Waals surface area contributed by atoms with Gasteiger partial charge in [-0.05, 0) is 19.8 Å². The van der Waals surface area contributed by atoms with E-state index >= 15 is 0 Å². The molecule has 1 saturated heterocycles. The van der Waals surface area contributed by atoms with E-state index in [2.05, 4.69) is 5.32 Å². The first-order valence-corrected chi connectivity index (χ1v) is 6.95. The van der Waals surface area contributed by atoms with Crippen LogP contribution in [-0.4, -0.2) is 46.9 Å². The van der Waals surface area contributed by atoms with E-state index in [1.165, 1.54) is 0 Å². The highest BCUT2D eigenvalue weighted by molar-refractivity contribution is 5.87. The lowest BCUT2D eigenvalue weighted by molar-refractivity contribution is -0.149. The van der Waals surface area contributed by atoms with Gasteiger partial charge >= 0.3 is 5.97 Å². The molecule has 0 radical (unpaired) electrons. The smallest absolute Gasteiger partial charge is 0.308 e. The molecule has 1 aliphatic heterocycles. The maximum atomic E-state index is 12.1. The number of carboxylic acids is 1. The molecule has 0 unspecified atom stereocenters. The molecule has 1 aliphatic rings. The zero-order chi connectivity index (χ0) is 15.5. The minimum Gasteiger partial charge on any atom is -0.481 e. The van der Waals surface area contributed by atoms with Crippen LogP contribution in [0.2, 0.25) is 0 Å². The highest BCUT2D eigenvalue weighted by Crippen LogP contribution is 2.23. The summed E-state index contributed by atoms with van der Waals surface area (Å²) < 4.78 is 0. The van der Waals surface area contributed by atoms with E-state index in [0.29, 0.717) is 19.4 Å². The highest BCUT2D eigenvalue weighted by Gasteiger charge is 2.35. The second-order valence-electron chi connectivity index (χ2n) is 6.35. The number of amides is 2. The van der Waals surface area contributed by atoms with Gasteiger partial charge in [0.25, 0.3) is 0 Å². The molecule has 2 N–H and O–H groups in total. The minimum atomic E-state index is -0.867. The quantitative estimate of drug-likeness (QED) is 0.804. The molecule has 2 atom stereocenters. The Morgan fingerprint density at radius 2 is 1.90 bits per heavy atom. The van der Waals surface area contributed by atoms with Gasteiger partial charge in [-0.15, -0.1) is 0 Å². The van der Waals surface area contributed by atoms with Crippen molar-refractivity contribution in [2.24, 2.45) is 11.3 Å². The molecule has 0 aromatic rings. The molecule has 0 aliphatic carbocycles. The highest BCUT2D eigenvalue weighted by atomic mass is 16.4. The van der Waals surface area contributed by atoms with E-state index in [-0.39, 0.29) is 24.4 Å². The number of carbonyl (C=O) groups is 3. The SMILES string of the molecule is C[C@@H]1[C@H](C(=O)O)CCCN1C(=O)CNC(=O)C(C)(C)C. The van der Waals surface area contributed by atoms with Crippen LogP contribution in [0.5, 0.6) is 0 Å². The first-order chi connectivity index (χ1) is 9.14. The fraction of sp³-hybridized carbons (Fsp3) is 0.786. The third kappa shape index (κ3) is 3.95. The number of nitrogens with zero attached hydrogens (tertiary/aromatic N) is 1. The Balaban J connectivity index is 2.59. The standard InChI is InChI=1S/C14H24N2O4/c1-9-10(12(18)19)6-5-7-16(9)11(17)8-15-13(20)14(2,3)4/h9-10H,5-8H2,1-4H3,(H,15,20)(H,18,19)/t9-,10-/m1/s1. The number of hydrogen-bond acceptors (Lipinski definition) is 3. The second kappa shape index (κ2) is 6.24. The summed E-state index contributed by atoms with van der Waals surface area (Å²) in [4.78, 5) is 36.5. The molecule has 2 amide bonds. The third-order valence-electron chi connectivity index (χ3n) is 3.71. The molecule has 1 rings (SSSR count). The van der Waals surface area contributed by atoms with Gasteiger partial charge in [-0.1, -0.05) is 20.8 Å². The Hall–Kier alpha value is -1.59. The Labute approximate surface area is 119 Å². The maximum absolute atomic E-state index is 12.1. The molecule has 0 spiro atoms. The summed E-state index contributed by atoms with van der Waals surface area (Å²) in [7, 11) is 0. The molecule has 0 aromatic heterocycles. The van der Waals surface area contributed by atoms with Crippen LogP contribution in [0.25, 0.3) is 0 Å². The third-order valence-corrected chi connectivity index (χ3v) is 3.71. The second-order valence-corrected chi connectivity index (χ2v) is 6.35. The summed E-state index contributed by atoms with van der Waals surface area (Å²) in [5.41, 5.74) is -0.544. The van der Waals surface area contributed by atoms with Gasteiger partial charge in [0.1, 0.15) is 0 Å². The number of carbonyl (C=O) groups excluding carboxylic acids is 2. The zero-order valence-corrected chi connectivity index (χ0v) is 12.6. The van der Waals surface area contributed by atoms with Gasteiger partial charge in [0.15, 0.2) is 0 Å². The van der Waals surface area contributed by atoms with Crippen molar-refractivity contribution in [3.63, 3.8) is 0 Å². The van der Waals surface area contributed by atoms with Gasteiger partial charge < -0.3 is 15.3 Å². The summed E-state index contributed by atoms with van der Waals surface area (Å²) in [6, 6.07) is -0.333. The van der Waals surface area contributed by atoms with Gasteiger partial charge in [-0.3, -0.25) is 14.4 Å². The Morgan fingerprint density at radius 3 is 2.40 bits per heavy atom. The number of piperidine rings is 1. The molecular formula is C14H24N2O4. The number of hydrogen-bond donors (Lipinski definition) is 2. The van der Waals surface area contributed by atoms with Crippen LogP contribution in [-0.2, 0) is 14.4 Å². The van der Waals surface area contributed by atoms with Gasteiger partial charge in [0, 0.05) is 18.0 Å². The zero-order valence-electron chi connectivity index (χ0n) is 12.6. The van der Waals surface area contributed by atoms with Crippen molar-refractivity contribution in [3.05, 3.63) is 0 Å². The van der Waals surface area contributed by atoms with E-state index in [0.717, 1.165) is 0 Å². The lowest BCUT2D eigenvalue weighted by atomic mass is 9.90. The van der Waals surface area contributed by atoms with Crippen LogP contribution in [0.4, 0.5) is 0 Å². The van der Waals surface area contributed by atoms with Crippen molar-refractivity contribution in [3.8, 4) is 0 Å². The molecule has 0 saturated carbocycles. The summed E-state index contributed by atoms with van der Waals surface area (Å²) in [5, 5.41) is 11.7. The molecule has 6 nitrogen and oxygen atoms in total. The van der Waals surface area contributed by atoms with Gasteiger partial charge in [0.05, 0.1) is 12.5 Å². The van der Waals surface area contributed by atoms with Crippen LogP contribution in [0.3, 0.4) is 0 Å². The van der Waals surface area contributed by atoms with Crippen LogP contribution in [0.1, 0.15) is 40.5 Å². The summed E-state index contributed by atoms with van der Waals surface area (Å²) in [5.74, 6) is -1.80. The summed E-state index contributed by atoms with van der Waals surface area (Å²) in [6.45, 7) is 7.55. The van der Waals surface area contributed by atoms with Gasteiger partial charge in [-0.2, -0.15) is 0 Å². The molecule has 114 valence electrons. The lowest BCUT2D eigenvalue weighted by Gasteiger charge is -2.37. The van der Waals surface area contributed by atoms with Crippen molar-refractivity contribution in [2.45, 2.75) is 46.6 Å². The number of aliphatic carboxylic acids is 1. The van der Waals surface area contributed by atoms with E-state index in [1.54, 1.807) is 32.6 Å². The molecular weight excluding hydrogens is 260 g/mol. The van der Waals surface area contributed by atoms with Gasteiger partial charge in [0.2, 0.25) is 11.8 Å². The van der Waals surface area contributed by atoms with Crippen LogP contribution in [0.15, 0.2) is 0 Å². The Kier molecular flexibility index (Phi) is 5.14. The molecule has 1 heterocycles.